The van der Waals surface area contributed by atoms with Crippen molar-refractivity contribution in [2.75, 3.05) is 4.72 Å². The van der Waals surface area contributed by atoms with Gasteiger partial charge in [-0.1, -0.05) is 6.07 Å². The molecule has 6 nitrogen and oxygen atoms in total. The smallest absolute Gasteiger partial charge is 0.262 e. The number of hydrogen-bond acceptors (Lipinski definition) is 4. The van der Waals surface area contributed by atoms with Crippen molar-refractivity contribution in [2.24, 2.45) is 0 Å². The van der Waals surface area contributed by atoms with E-state index >= 15 is 0 Å². The van der Waals surface area contributed by atoms with E-state index < -0.39 is 10.0 Å². The number of aromatic nitrogens is 3. The van der Waals surface area contributed by atoms with Crippen molar-refractivity contribution >= 4 is 21.4 Å². The van der Waals surface area contributed by atoms with Gasteiger partial charge in [0.2, 0.25) is 0 Å². The van der Waals surface area contributed by atoms with Crippen molar-refractivity contribution in [3.63, 3.8) is 0 Å². The molecule has 7 heteroatoms. The third-order valence-electron chi connectivity index (χ3n) is 3.93. The maximum atomic E-state index is 12.6. The fourth-order valence-corrected chi connectivity index (χ4v) is 3.96. The Balaban J connectivity index is 1.74. The van der Waals surface area contributed by atoms with Gasteiger partial charge in [-0.15, -0.1) is 0 Å². The molecule has 112 valence electrons. The van der Waals surface area contributed by atoms with Gasteiger partial charge in [0, 0.05) is 6.20 Å². The number of rotatable bonds is 3. The van der Waals surface area contributed by atoms with Crippen LogP contribution in [0.25, 0.3) is 5.65 Å². The standard InChI is InChI=1S/C15H14N4O2S/c20-22(21,13-7-6-11-3-1-4-12(11)9-13)18-14-5-2-8-19-15(14)16-10-17-19/h2,5-10,18H,1,3-4H2. The number of pyridine rings is 1. The summed E-state index contributed by atoms with van der Waals surface area (Å²) in [5.74, 6) is 0. The van der Waals surface area contributed by atoms with Crippen LogP contribution in [0.15, 0.2) is 47.8 Å². The van der Waals surface area contributed by atoms with Crippen molar-refractivity contribution in [1.29, 1.82) is 0 Å². The van der Waals surface area contributed by atoms with E-state index in [1.54, 1.807) is 30.5 Å². The predicted octanol–water partition coefficient (Wildman–Crippen LogP) is 2.02. The van der Waals surface area contributed by atoms with Crippen molar-refractivity contribution in [3.05, 3.63) is 54.0 Å². The first-order valence-electron chi connectivity index (χ1n) is 7.06. The summed E-state index contributed by atoms with van der Waals surface area (Å²) in [4.78, 5) is 4.37. The van der Waals surface area contributed by atoms with Gasteiger partial charge in [0.1, 0.15) is 6.33 Å². The molecule has 1 aliphatic carbocycles. The lowest BCUT2D eigenvalue weighted by atomic mass is 10.1. The Kier molecular flexibility index (Phi) is 2.90. The average Bonchev–Trinajstić information content (AvgIpc) is 3.15. The first-order chi connectivity index (χ1) is 10.6. The SMILES string of the molecule is O=S(=O)(Nc1cccn2ncnc12)c1ccc2c(c1)CCC2. The van der Waals surface area contributed by atoms with Gasteiger partial charge in [-0.05, 0) is 54.7 Å². The molecule has 1 N–H and O–H groups in total. The molecule has 2 heterocycles. The van der Waals surface area contributed by atoms with Crippen LogP contribution < -0.4 is 4.72 Å². The highest BCUT2D eigenvalue weighted by Crippen LogP contribution is 2.26. The zero-order valence-corrected chi connectivity index (χ0v) is 12.5. The highest BCUT2D eigenvalue weighted by molar-refractivity contribution is 7.92. The van der Waals surface area contributed by atoms with Gasteiger partial charge in [-0.2, -0.15) is 5.10 Å². The van der Waals surface area contributed by atoms with Gasteiger partial charge in [-0.3, -0.25) is 4.72 Å². The summed E-state index contributed by atoms with van der Waals surface area (Å²) in [6.07, 6.45) is 6.17. The maximum absolute atomic E-state index is 12.6. The summed E-state index contributed by atoms with van der Waals surface area (Å²) >= 11 is 0. The van der Waals surface area contributed by atoms with E-state index in [1.165, 1.54) is 16.4 Å². The van der Waals surface area contributed by atoms with Crippen molar-refractivity contribution in [3.8, 4) is 0 Å². The molecule has 2 aromatic heterocycles. The van der Waals surface area contributed by atoms with Gasteiger partial charge in [-0.25, -0.2) is 17.9 Å². The number of benzene rings is 1. The molecule has 0 atom stereocenters. The summed E-state index contributed by atoms with van der Waals surface area (Å²) in [5.41, 5.74) is 3.27. The molecule has 0 amide bonds. The summed E-state index contributed by atoms with van der Waals surface area (Å²) in [6.45, 7) is 0. The quantitative estimate of drug-likeness (QED) is 0.802. The van der Waals surface area contributed by atoms with E-state index in [2.05, 4.69) is 14.8 Å². The minimum absolute atomic E-state index is 0.287. The van der Waals surface area contributed by atoms with Gasteiger partial charge in [0.05, 0.1) is 10.6 Å². The Morgan fingerprint density at radius 3 is 2.91 bits per heavy atom. The first-order valence-corrected chi connectivity index (χ1v) is 8.55. The van der Waals surface area contributed by atoms with Crippen LogP contribution in [-0.4, -0.2) is 23.0 Å². The molecule has 4 rings (SSSR count). The molecular weight excluding hydrogens is 300 g/mol. The monoisotopic (exact) mass is 314 g/mol. The van der Waals surface area contributed by atoms with Crippen LogP contribution >= 0.6 is 0 Å². The maximum Gasteiger partial charge on any atom is 0.262 e. The van der Waals surface area contributed by atoms with Crippen LogP contribution in [0, 0.1) is 0 Å². The van der Waals surface area contributed by atoms with E-state index in [4.69, 9.17) is 0 Å². The molecule has 22 heavy (non-hydrogen) atoms. The average molecular weight is 314 g/mol. The molecule has 0 unspecified atom stereocenters. The molecule has 0 radical (unpaired) electrons. The van der Waals surface area contributed by atoms with E-state index in [0.717, 1.165) is 24.8 Å². The second-order valence-electron chi connectivity index (χ2n) is 5.34. The molecule has 0 bridgehead atoms. The summed E-state index contributed by atoms with van der Waals surface area (Å²) in [7, 11) is -3.64. The molecule has 0 spiro atoms. The highest BCUT2D eigenvalue weighted by Gasteiger charge is 2.19. The lowest BCUT2D eigenvalue weighted by molar-refractivity contribution is 0.601. The third-order valence-corrected chi connectivity index (χ3v) is 5.29. The van der Waals surface area contributed by atoms with Crippen molar-refractivity contribution < 1.29 is 8.42 Å². The van der Waals surface area contributed by atoms with E-state index in [0.29, 0.717) is 11.3 Å². The normalized spacial score (nSPS) is 14.2. The largest absolute Gasteiger partial charge is 0.276 e. The predicted molar refractivity (Wildman–Crippen MR) is 82.3 cm³/mol. The Bertz CT molecular complexity index is 963. The van der Waals surface area contributed by atoms with E-state index in [1.807, 2.05) is 6.07 Å². The number of hydrogen-bond donors (Lipinski definition) is 1. The topological polar surface area (TPSA) is 76.4 Å². The van der Waals surface area contributed by atoms with Crippen LogP contribution in [0.3, 0.4) is 0 Å². The third kappa shape index (κ3) is 2.14. The minimum atomic E-state index is -3.64. The van der Waals surface area contributed by atoms with E-state index in [9.17, 15) is 8.42 Å². The fourth-order valence-electron chi connectivity index (χ4n) is 2.85. The van der Waals surface area contributed by atoms with Crippen LogP contribution in [-0.2, 0) is 22.9 Å². The first kappa shape index (κ1) is 13.3. The lowest BCUT2D eigenvalue weighted by Crippen LogP contribution is -2.14. The zero-order chi connectivity index (χ0) is 15.2. The summed E-state index contributed by atoms with van der Waals surface area (Å²) in [6, 6.07) is 8.75. The molecule has 1 aliphatic rings. The molecule has 1 aromatic carbocycles. The van der Waals surface area contributed by atoms with Gasteiger partial charge >= 0.3 is 0 Å². The number of fused-ring (bicyclic) bond motifs is 2. The van der Waals surface area contributed by atoms with Crippen LogP contribution in [0.5, 0.6) is 0 Å². The molecule has 0 fully saturated rings. The molecular formula is C15H14N4O2S. The fraction of sp³-hybridized carbons (Fsp3) is 0.200. The lowest BCUT2D eigenvalue weighted by Gasteiger charge is -2.10. The van der Waals surface area contributed by atoms with Crippen LogP contribution in [0.2, 0.25) is 0 Å². The summed E-state index contributed by atoms with van der Waals surface area (Å²) < 4.78 is 29.3. The number of anilines is 1. The van der Waals surface area contributed by atoms with Gasteiger partial charge in [0.15, 0.2) is 5.65 Å². The Morgan fingerprint density at radius 1 is 1.14 bits per heavy atom. The second-order valence-corrected chi connectivity index (χ2v) is 7.02. The number of nitrogens with one attached hydrogen (secondary N) is 1. The van der Waals surface area contributed by atoms with E-state index in [-0.39, 0.29) is 4.90 Å². The van der Waals surface area contributed by atoms with Crippen molar-refractivity contribution in [2.45, 2.75) is 24.2 Å². The van der Waals surface area contributed by atoms with Crippen LogP contribution in [0.4, 0.5) is 5.69 Å². The van der Waals surface area contributed by atoms with Gasteiger partial charge < -0.3 is 0 Å². The Morgan fingerprint density at radius 2 is 2.00 bits per heavy atom. The molecule has 0 saturated carbocycles. The molecule has 0 aliphatic heterocycles. The van der Waals surface area contributed by atoms with Crippen LogP contribution in [0.1, 0.15) is 17.5 Å². The molecule has 3 aromatic rings. The Labute approximate surface area is 127 Å². The second kappa shape index (κ2) is 4.81. The molecule has 0 saturated heterocycles. The number of aryl methyl sites for hydroxylation is 2. The van der Waals surface area contributed by atoms with Crippen molar-refractivity contribution in [1.82, 2.24) is 14.6 Å². The Hall–Kier alpha value is -2.41. The number of sulfonamides is 1. The number of nitrogens with zero attached hydrogens (tertiary/aromatic N) is 3. The highest BCUT2D eigenvalue weighted by atomic mass is 32.2. The minimum Gasteiger partial charge on any atom is -0.276 e. The van der Waals surface area contributed by atoms with Gasteiger partial charge in [0.25, 0.3) is 10.0 Å². The zero-order valence-electron chi connectivity index (χ0n) is 11.7. The summed E-state index contributed by atoms with van der Waals surface area (Å²) in [5, 5.41) is 4.00.